The molecule has 0 aliphatic rings. The molecule has 0 aromatic heterocycles. The van der Waals surface area contributed by atoms with Gasteiger partial charge in [-0.3, -0.25) is 4.79 Å². The molecule has 0 atom stereocenters. The van der Waals surface area contributed by atoms with E-state index in [2.05, 4.69) is 0 Å². The van der Waals surface area contributed by atoms with Gasteiger partial charge in [0, 0.05) is 0 Å². The largest absolute Gasteiger partial charge is 1.00 e. The molecule has 0 aromatic carbocycles. The third-order valence-electron chi connectivity index (χ3n) is 0.333. The van der Waals surface area contributed by atoms with Crippen molar-refractivity contribution in [2.75, 3.05) is 12.5 Å². The van der Waals surface area contributed by atoms with Crippen molar-refractivity contribution in [3.8, 4) is 0 Å². The topological polar surface area (TPSA) is 17.1 Å². The molecule has 0 aromatic rings. The molecule has 4 heteroatoms. The predicted octanol–water partition coefficient (Wildman–Crippen LogP) is -1.16. The molecule has 0 amide bonds. The van der Waals surface area contributed by atoms with E-state index in [-0.39, 0.29) is 34.0 Å². The Balaban J connectivity index is 0. The minimum Gasteiger partial charge on any atom is -0.274 e. The minimum absolute atomic E-state index is 0. The molecule has 0 spiro atoms. The van der Waals surface area contributed by atoms with Crippen LogP contribution in [0.5, 0.6) is 0 Å². The van der Waals surface area contributed by atoms with Gasteiger partial charge in [-0.05, 0) is 12.5 Å². The van der Waals surface area contributed by atoms with E-state index in [1.54, 1.807) is 12.5 Å². The molecule has 0 radical (unpaired) electrons. The average molecular weight is 145 g/mol. The van der Waals surface area contributed by atoms with E-state index in [1.807, 2.05) is 0 Å². The summed E-state index contributed by atoms with van der Waals surface area (Å²) in [4.78, 5) is 10.1. The molecule has 0 heterocycles. The van der Waals surface area contributed by atoms with E-state index in [1.165, 1.54) is 23.5 Å². The molecule has 0 saturated carbocycles. The van der Waals surface area contributed by atoms with Crippen LogP contribution in [0, 0.1) is 0 Å². The Morgan fingerprint density at radius 1 is 1.29 bits per heavy atom. The van der Waals surface area contributed by atoms with Crippen LogP contribution < -0.4 is 29.6 Å². The zero-order valence-electron chi connectivity index (χ0n) is 4.72. The fraction of sp³-hybridized carbons (Fsp3) is 0.667. The van der Waals surface area contributed by atoms with Gasteiger partial charge in [0.15, 0.2) is 0 Å². The van der Waals surface area contributed by atoms with Gasteiger partial charge in [-0.2, -0.15) is 0 Å². The molecule has 0 saturated heterocycles. The molecule has 0 rings (SSSR count). The zero-order chi connectivity index (χ0) is 4.99. The van der Waals surface area contributed by atoms with Crippen LogP contribution in [0.1, 0.15) is 0 Å². The second kappa shape index (κ2) is 7.37. The van der Waals surface area contributed by atoms with E-state index >= 15 is 0 Å². The molecule has 0 aliphatic heterocycles. The summed E-state index contributed by atoms with van der Waals surface area (Å²) in [6.07, 6.45) is 3.55. The fourth-order valence-electron chi connectivity index (χ4n) is 0.0833. The van der Waals surface area contributed by atoms with Crippen LogP contribution in [0.2, 0.25) is 0 Å². The third kappa shape index (κ3) is 7.37. The first kappa shape index (κ1) is 11.2. The van der Waals surface area contributed by atoms with Crippen LogP contribution in [-0.2, 0) is 0 Å². The second-order valence-corrected chi connectivity index (χ2v) is 2.47. The van der Waals surface area contributed by atoms with Crippen molar-refractivity contribution < 1.29 is 34.4 Å². The van der Waals surface area contributed by atoms with Crippen LogP contribution in [0.15, 0.2) is 0 Å². The summed E-state index contributed by atoms with van der Waals surface area (Å²) in [5.41, 5.74) is 0. The molecule has 7 heavy (non-hydrogen) atoms. The summed E-state index contributed by atoms with van der Waals surface area (Å²) in [6.45, 7) is 0. The van der Waals surface area contributed by atoms with Crippen LogP contribution in [-0.4, -0.2) is 17.0 Å². The monoisotopic (exact) mass is 145 g/mol. The first-order valence-corrected chi connectivity index (χ1v) is 3.88. The Kier molecular flexibility index (Phi) is 11.8. The molecule has 0 N–H and O–H groups in total. The van der Waals surface area contributed by atoms with Crippen molar-refractivity contribution in [3.05, 3.63) is 0 Å². The Hall–Kier alpha value is 1.37. The summed E-state index contributed by atoms with van der Waals surface area (Å²) in [7, 11) is 0. The van der Waals surface area contributed by atoms with Gasteiger partial charge in [-0.1, -0.05) is 23.5 Å². The van der Waals surface area contributed by atoms with Crippen molar-refractivity contribution in [2.24, 2.45) is 0 Å². The van der Waals surface area contributed by atoms with E-state index in [4.69, 9.17) is 0 Å². The van der Waals surface area contributed by atoms with E-state index in [9.17, 15) is 4.79 Å². The quantitative estimate of drug-likeness (QED) is 0.400. The molecule has 1 nitrogen and oxygen atoms in total. The average Bonchev–Trinajstić information content (AvgIpc) is 1.65. The van der Waals surface area contributed by atoms with Gasteiger partial charge in [0.2, 0.25) is 4.45 Å². The molecular weight excluding hydrogens is 139 g/mol. The SMILES string of the molecule is CSC(=O)SC.[Na+]. The molecule has 0 bridgehead atoms. The van der Waals surface area contributed by atoms with E-state index in [0.717, 1.165) is 0 Å². The van der Waals surface area contributed by atoms with Gasteiger partial charge in [0.25, 0.3) is 0 Å². The van der Waals surface area contributed by atoms with Gasteiger partial charge in [-0.15, -0.1) is 0 Å². The Labute approximate surface area is 74.3 Å². The normalized spacial score (nSPS) is 7.14. The first-order valence-electron chi connectivity index (χ1n) is 1.43. The Bertz CT molecular complexity index is 50.9. The van der Waals surface area contributed by atoms with Crippen LogP contribution in [0.25, 0.3) is 0 Å². The summed E-state index contributed by atoms with van der Waals surface area (Å²) in [5, 5.41) is 0. The minimum atomic E-state index is 0. The maximum atomic E-state index is 10.1. The van der Waals surface area contributed by atoms with Crippen molar-refractivity contribution in [1.29, 1.82) is 0 Å². The van der Waals surface area contributed by atoms with Crippen LogP contribution >= 0.6 is 23.5 Å². The van der Waals surface area contributed by atoms with Crippen molar-refractivity contribution >= 4 is 28.0 Å². The second-order valence-electron chi connectivity index (χ2n) is 0.658. The number of thioether (sulfide) groups is 2. The zero-order valence-corrected chi connectivity index (χ0v) is 8.36. The summed E-state index contributed by atoms with van der Waals surface area (Å²) in [6, 6.07) is 0. The Morgan fingerprint density at radius 3 is 1.57 bits per heavy atom. The summed E-state index contributed by atoms with van der Waals surface area (Å²) >= 11 is 2.50. The van der Waals surface area contributed by atoms with Gasteiger partial charge < -0.3 is 0 Å². The fourth-order valence-corrected chi connectivity index (χ4v) is 0.750. The van der Waals surface area contributed by atoms with Gasteiger partial charge in [0.05, 0.1) is 0 Å². The van der Waals surface area contributed by atoms with E-state index in [0.29, 0.717) is 0 Å². The number of carbonyl (C=O) groups excluding carboxylic acids is 1. The molecular formula is C3H6NaOS2+. The first-order chi connectivity index (χ1) is 2.81. The molecule has 0 aliphatic carbocycles. The number of hydrogen-bond acceptors (Lipinski definition) is 3. The number of rotatable bonds is 0. The van der Waals surface area contributed by atoms with Crippen LogP contribution in [0.3, 0.4) is 0 Å². The predicted molar refractivity (Wildman–Crippen MR) is 32.4 cm³/mol. The number of hydrogen-bond donors (Lipinski definition) is 0. The number of carbonyl (C=O) groups is 1. The smallest absolute Gasteiger partial charge is 0.274 e. The van der Waals surface area contributed by atoms with Crippen LogP contribution in [0.4, 0.5) is 4.79 Å². The standard InChI is InChI=1S/C3H6OS2.Na/c1-5-3(4)6-2;/h1-2H3;/q;+1. The van der Waals surface area contributed by atoms with Gasteiger partial charge in [-0.25, -0.2) is 0 Å². The van der Waals surface area contributed by atoms with Crippen molar-refractivity contribution in [1.82, 2.24) is 0 Å². The van der Waals surface area contributed by atoms with Gasteiger partial charge >= 0.3 is 29.6 Å². The van der Waals surface area contributed by atoms with Gasteiger partial charge in [0.1, 0.15) is 0 Å². The maximum absolute atomic E-state index is 10.1. The molecule has 36 valence electrons. The Morgan fingerprint density at radius 2 is 1.57 bits per heavy atom. The molecule has 0 unspecified atom stereocenters. The van der Waals surface area contributed by atoms with E-state index < -0.39 is 0 Å². The molecule has 0 fully saturated rings. The summed E-state index contributed by atoms with van der Waals surface area (Å²) in [5.74, 6) is 0. The van der Waals surface area contributed by atoms with Crippen molar-refractivity contribution in [2.45, 2.75) is 0 Å². The summed E-state index contributed by atoms with van der Waals surface area (Å²) < 4.78 is 0.176. The van der Waals surface area contributed by atoms with Crippen molar-refractivity contribution in [3.63, 3.8) is 0 Å². The third-order valence-corrected chi connectivity index (χ3v) is 2.00. The maximum Gasteiger partial charge on any atom is 1.00 e.